The van der Waals surface area contributed by atoms with E-state index in [1.165, 1.54) is 10.0 Å². The predicted molar refractivity (Wildman–Crippen MR) is 107 cm³/mol. The van der Waals surface area contributed by atoms with E-state index >= 15 is 0 Å². The first-order valence-electron chi connectivity index (χ1n) is 9.66. The van der Waals surface area contributed by atoms with E-state index in [2.05, 4.69) is 0 Å². The monoisotopic (exact) mass is 408 g/mol. The summed E-state index contributed by atoms with van der Waals surface area (Å²) in [6, 6.07) is 7.33. The van der Waals surface area contributed by atoms with E-state index < -0.39 is 23.4 Å². The molecule has 1 aliphatic heterocycles. The lowest BCUT2D eigenvalue weighted by Gasteiger charge is -2.42. The van der Waals surface area contributed by atoms with E-state index in [0.717, 1.165) is 12.0 Å². The Labute approximate surface area is 171 Å². The molecule has 7 heteroatoms. The van der Waals surface area contributed by atoms with Gasteiger partial charge in [0, 0.05) is 10.9 Å². The maximum absolute atomic E-state index is 13.0. The quantitative estimate of drug-likeness (QED) is 0.627. The number of nitrogens with zero attached hydrogens (tertiary/aromatic N) is 2. The molecule has 1 aliphatic carbocycles. The van der Waals surface area contributed by atoms with Gasteiger partial charge in [-0.2, -0.15) is 0 Å². The summed E-state index contributed by atoms with van der Waals surface area (Å²) in [6.07, 6.45) is 0.340. The minimum absolute atomic E-state index is 0.0462. The summed E-state index contributed by atoms with van der Waals surface area (Å²) in [5, 5.41) is 3.56. The summed E-state index contributed by atoms with van der Waals surface area (Å²) in [5.41, 5.74) is -0.326. The van der Waals surface area contributed by atoms with Gasteiger partial charge in [0.2, 0.25) is 0 Å². The van der Waals surface area contributed by atoms with E-state index in [-0.39, 0.29) is 18.0 Å². The smallest absolute Gasteiger partial charge is 0.429 e. The number of amides is 2. The number of fused-ring (bicyclic) bond motifs is 2. The highest BCUT2D eigenvalue weighted by molar-refractivity contribution is 6.31. The summed E-state index contributed by atoms with van der Waals surface area (Å²) in [4.78, 5) is 25.9. The zero-order valence-electron chi connectivity index (χ0n) is 17.4. The minimum atomic E-state index is -0.668. The van der Waals surface area contributed by atoms with E-state index in [0.29, 0.717) is 11.4 Å². The topological polar surface area (TPSA) is 59.1 Å². The number of halogens is 1. The van der Waals surface area contributed by atoms with Crippen molar-refractivity contribution in [1.82, 2.24) is 10.0 Å². The normalized spacial score (nSPS) is 24.5. The summed E-state index contributed by atoms with van der Waals surface area (Å²) in [6.45, 7) is 10.9. The fourth-order valence-electron chi connectivity index (χ4n) is 3.98. The highest BCUT2D eigenvalue weighted by Crippen LogP contribution is 2.49. The highest BCUT2D eigenvalue weighted by Gasteiger charge is 2.56. The van der Waals surface area contributed by atoms with Crippen LogP contribution in [0.3, 0.4) is 0 Å². The van der Waals surface area contributed by atoms with Crippen LogP contribution in [-0.2, 0) is 9.47 Å². The molecule has 0 unspecified atom stereocenters. The highest BCUT2D eigenvalue weighted by atomic mass is 35.5. The fourth-order valence-corrected chi connectivity index (χ4v) is 4.26. The molecule has 0 spiro atoms. The van der Waals surface area contributed by atoms with Gasteiger partial charge in [-0.3, -0.25) is 0 Å². The number of hydrogen-bond donors (Lipinski definition) is 0. The summed E-state index contributed by atoms with van der Waals surface area (Å²) in [5.74, 6) is 0.0462. The van der Waals surface area contributed by atoms with Crippen LogP contribution in [-0.4, -0.2) is 45.5 Å². The van der Waals surface area contributed by atoms with Gasteiger partial charge in [0.1, 0.15) is 11.2 Å². The molecule has 3 atom stereocenters. The van der Waals surface area contributed by atoms with Crippen molar-refractivity contribution in [3.63, 3.8) is 0 Å². The zero-order valence-corrected chi connectivity index (χ0v) is 18.1. The second-order valence-electron chi connectivity index (χ2n) is 9.47. The van der Waals surface area contributed by atoms with Crippen molar-refractivity contribution >= 4 is 23.8 Å². The van der Waals surface area contributed by atoms with Gasteiger partial charge in [0.15, 0.2) is 0 Å². The van der Waals surface area contributed by atoms with Gasteiger partial charge in [-0.25, -0.2) is 19.6 Å². The Morgan fingerprint density at radius 1 is 0.929 bits per heavy atom. The first-order valence-corrected chi connectivity index (χ1v) is 10.0. The summed E-state index contributed by atoms with van der Waals surface area (Å²) >= 11 is 6.42. The lowest BCUT2D eigenvalue weighted by molar-refractivity contribution is -0.0788. The molecule has 1 aromatic rings. The molecule has 0 aromatic heterocycles. The Balaban J connectivity index is 1.92. The Morgan fingerprint density at radius 2 is 1.46 bits per heavy atom. The largest absolute Gasteiger partial charge is 0.442 e. The van der Waals surface area contributed by atoms with Crippen LogP contribution in [0.4, 0.5) is 9.59 Å². The SMILES string of the molecule is CC(C)(C)OC(=O)N1[C@H]2C[C@H](c3ccccc3Cl)[C@H](C2)N1C(=O)OC(C)(C)C. The number of ether oxygens (including phenoxy) is 2. The number of carbonyl (C=O) groups excluding carboxylic acids is 2. The first kappa shape index (κ1) is 20.8. The van der Waals surface area contributed by atoms with Crippen LogP contribution in [0.1, 0.15) is 65.9 Å². The van der Waals surface area contributed by atoms with Crippen LogP contribution >= 0.6 is 11.6 Å². The number of rotatable bonds is 1. The third-order valence-electron chi connectivity index (χ3n) is 4.86. The average molecular weight is 409 g/mol. The molecule has 3 rings (SSSR count). The van der Waals surface area contributed by atoms with Crippen LogP contribution in [0.15, 0.2) is 24.3 Å². The lowest BCUT2D eigenvalue weighted by atomic mass is 9.92. The number of hydrazine groups is 1. The van der Waals surface area contributed by atoms with Crippen LogP contribution < -0.4 is 0 Å². The van der Waals surface area contributed by atoms with Gasteiger partial charge in [-0.05, 0) is 66.0 Å². The lowest BCUT2D eigenvalue weighted by Crippen LogP contribution is -2.57. The molecule has 2 fully saturated rings. The third kappa shape index (κ3) is 4.22. The van der Waals surface area contributed by atoms with Crippen LogP contribution in [0.25, 0.3) is 0 Å². The van der Waals surface area contributed by atoms with E-state index in [1.54, 1.807) is 0 Å². The Kier molecular flexibility index (Phi) is 5.30. The molecule has 1 heterocycles. The van der Waals surface area contributed by atoms with E-state index in [9.17, 15) is 9.59 Å². The van der Waals surface area contributed by atoms with Crippen molar-refractivity contribution in [3.8, 4) is 0 Å². The molecule has 28 heavy (non-hydrogen) atoms. The van der Waals surface area contributed by atoms with Crippen LogP contribution in [0.5, 0.6) is 0 Å². The third-order valence-corrected chi connectivity index (χ3v) is 5.21. The van der Waals surface area contributed by atoms with E-state index in [1.807, 2.05) is 65.8 Å². The molecule has 1 aromatic carbocycles. The first-order chi connectivity index (χ1) is 12.9. The maximum Gasteiger partial charge on any atom is 0.429 e. The van der Waals surface area contributed by atoms with Crippen LogP contribution in [0.2, 0.25) is 5.02 Å². The van der Waals surface area contributed by atoms with Crippen molar-refractivity contribution < 1.29 is 19.1 Å². The van der Waals surface area contributed by atoms with Crippen LogP contribution in [0, 0.1) is 0 Å². The Hall–Kier alpha value is -1.95. The zero-order chi connectivity index (χ0) is 20.9. The number of benzene rings is 1. The average Bonchev–Trinajstić information content (AvgIpc) is 3.10. The van der Waals surface area contributed by atoms with Crippen molar-refractivity contribution in [1.29, 1.82) is 0 Å². The molecule has 0 N–H and O–H groups in total. The summed E-state index contributed by atoms with van der Waals surface area (Å²) in [7, 11) is 0. The molecule has 2 amide bonds. The second-order valence-corrected chi connectivity index (χ2v) is 9.88. The van der Waals surface area contributed by atoms with Gasteiger partial charge in [0.25, 0.3) is 0 Å². The molecule has 2 bridgehead atoms. The number of hydrogen-bond acceptors (Lipinski definition) is 4. The molecule has 154 valence electrons. The van der Waals surface area contributed by atoms with Gasteiger partial charge >= 0.3 is 12.2 Å². The Bertz CT molecular complexity index is 768. The van der Waals surface area contributed by atoms with Gasteiger partial charge in [0.05, 0.1) is 12.1 Å². The van der Waals surface area contributed by atoms with Gasteiger partial charge < -0.3 is 9.47 Å². The molecular formula is C21H29ClN2O4. The molecule has 1 saturated carbocycles. The summed E-state index contributed by atoms with van der Waals surface area (Å²) < 4.78 is 11.2. The molecule has 2 aliphatic rings. The molecule has 6 nitrogen and oxygen atoms in total. The Morgan fingerprint density at radius 3 is 2.00 bits per heavy atom. The second kappa shape index (κ2) is 7.14. The van der Waals surface area contributed by atoms with Gasteiger partial charge in [-0.1, -0.05) is 29.8 Å². The van der Waals surface area contributed by atoms with Crippen molar-refractivity contribution in [2.45, 2.75) is 83.6 Å². The standard InChI is InChI=1S/C21H29ClN2O4/c1-20(2,3)27-18(25)23-13-11-15(14-9-7-8-10-16(14)22)17(12-13)24(23)19(26)28-21(4,5)6/h7-10,13,15,17H,11-12H2,1-6H3/t13-,15+,17-/m0/s1. The minimum Gasteiger partial charge on any atom is -0.442 e. The van der Waals surface area contributed by atoms with Crippen molar-refractivity contribution in [3.05, 3.63) is 34.9 Å². The molecular weight excluding hydrogens is 380 g/mol. The van der Waals surface area contributed by atoms with Crippen molar-refractivity contribution in [2.75, 3.05) is 0 Å². The van der Waals surface area contributed by atoms with Crippen molar-refractivity contribution in [2.24, 2.45) is 0 Å². The maximum atomic E-state index is 13.0. The fraction of sp³-hybridized carbons (Fsp3) is 0.619. The molecule has 0 radical (unpaired) electrons. The van der Waals surface area contributed by atoms with Gasteiger partial charge in [-0.15, -0.1) is 0 Å². The number of carbonyl (C=O) groups is 2. The van der Waals surface area contributed by atoms with E-state index in [4.69, 9.17) is 21.1 Å². The molecule has 1 saturated heterocycles. The predicted octanol–water partition coefficient (Wildman–Crippen LogP) is 5.36.